The number of nitrogens with zero attached hydrogens (tertiary/aromatic N) is 2. The molecule has 0 aliphatic rings. The summed E-state index contributed by atoms with van der Waals surface area (Å²) >= 11 is 0. The summed E-state index contributed by atoms with van der Waals surface area (Å²) in [6.45, 7) is 4.62. The molecule has 1 heterocycles. The monoisotopic (exact) mass is 313 g/mol. The third kappa shape index (κ3) is 3.59. The summed E-state index contributed by atoms with van der Waals surface area (Å²) < 4.78 is 43.2. The molecule has 1 aromatic heterocycles. The molecule has 2 aromatic rings. The number of rotatable bonds is 5. The molecule has 0 saturated heterocycles. The molecule has 0 fully saturated rings. The molecule has 0 unspecified atom stereocenters. The number of hydrogen-bond acceptors (Lipinski definition) is 4. The molecule has 21 heavy (non-hydrogen) atoms. The van der Waals surface area contributed by atoms with E-state index >= 15 is 0 Å². The van der Waals surface area contributed by atoms with Crippen molar-refractivity contribution in [1.82, 2.24) is 9.78 Å². The van der Waals surface area contributed by atoms with Crippen LogP contribution in [0, 0.1) is 12.7 Å². The van der Waals surface area contributed by atoms with Crippen LogP contribution in [0.25, 0.3) is 0 Å². The molecule has 8 heteroatoms. The number of sulfonamides is 1. The fraction of sp³-hybridized carbons (Fsp3) is 0.308. The van der Waals surface area contributed by atoms with E-state index < -0.39 is 15.8 Å². The van der Waals surface area contributed by atoms with Crippen LogP contribution in [-0.2, 0) is 23.2 Å². The summed E-state index contributed by atoms with van der Waals surface area (Å²) in [6, 6.07) is 5.14. The molecular weight excluding hydrogens is 297 g/mol. The highest BCUT2D eigenvalue weighted by atomic mass is 32.2. The van der Waals surface area contributed by atoms with Gasteiger partial charge in [0.25, 0.3) is 0 Å². The Kier molecular flexibility index (Phi) is 4.29. The molecule has 0 saturated carbocycles. The average molecular weight is 313 g/mol. The molecule has 0 spiro atoms. The Bertz CT molecular complexity index is 756. The molecule has 1 aromatic carbocycles. The van der Waals surface area contributed by atoms with Gasteiger partial charge in [-0.3, -0.25) is 4.68 Å². The maximum Gasteiger partial charge on any atom is 0.238 e. The van der Waals surface area contributed by atoms with Gasteiger partial charge in [0.2, 0.25) is 10.0 Å². The van der Waals surface area contributed by atoms with Crippen LogP contribution in [0.1, 0.15) is 18.3 Å². The lowest BCUT2D eigenvalue weighted by atomic mass is 10.3. The van der Waals surface area contributed by atoms with E-state index in [1.807, 2.05) is 19.9 Å². The Labute approximate surface area is 122 Å². The summed E-state index contributed by atoms with van der Waals surface area (Å²) in [5.41, 5.74) is 1.66. The van der Waals surface area contributed by atoms with Gasteiger partial charge in [-0.05, 0) is 38.1 Å². The van der Waals surface area contributed by atoms with Gasteiger partial charge in [-0.2, -0.15) is 5.10 Å². The SMILES string of the molecule is CCn1nc(C)cc1COc1ccc(S(N)(=O)=O)cc1F. The van der Waals surface area contributed by atoms with Crippen LogP contribution >= 0.6 is 0 Å². The number of hydrogen-bond donors (Lipinski definition) is 1. The minimum Gasteiger partial charge on any atom is -0.484 e. The summed E-state index contributed by atoms with van der Waals surface area (Å²) in [5.74, 6) is -0.815. The lowest BCUT2D eigenvalue weighted by Crippen LogP contribution is -2.12. The predicted molar refractivity (Wildman–Crippen MR) is 74.7 cm³/mol. The second kappa shape index (κ2) is 5.82. The highest BCUT2D eigenvalue weighted by molar-refractivity contribution is 7.89. The molecule has 0 amide bonds. The highest BCUT2D eigenvalue weighted by Crippen LogP contribution is 2.21. The van der Waals surface area contributed by atoms with E-state index in [9.17, 15) is 12.8 Å². The van der Waals surface area contributed by atoms with E-state index in [4.69, 9.17) is 9.88 Å². The zero-order valence-corrected chi connectivity index (χ0v) is 12.5. The third-order valence-corrected chi connectivity index (χ3v) is 3.80. The fourth-order valence-electron chi connectivity index (χ4n) is 1.92. The number of nitrogens with two attached hydrogens (primary N) is 1. The summed E-state index contributed by atoms with van der Waals surface area (Å²) in [5, 5.41) is 9.19. The first-order valence-electron chi connectivity index (χ1n) is 6.29. The molecule has 2 rings (SSSR count). The molecule has 2 N–H and O–H groups in total. The summed E-state index contributed by atoms with van der Waals surface area (Å²) in [7, 11) is -3.93. The Morgan fingerprint density at radius 2 is 2.10 bits per heavy atom. The van der Waals surface area contributed by atoms with E-state index in [0.29, 0.717) is 6.54 Å². The van der Waals surface area contributed by atoms with Crippen molar-refractivity contribution in [3.8, 4) is 5.75 Å². The van der Waals surface area contributed by atoms with Crippen molar-refractivity contribution in [2.75, 3.05) is 0 Å². The summed E-state index contributed by atoms with van der Waals surface area (Å²) in [6.07, 6.45) is 0. The lowest BCUT2D eigenvalue weighted by Gasteiger charge is -2.09. The topological polar surface area (TPSA) is 87.2 Å². The average Bonchev–Trinajstić information content (AvgIpc) is 2.76. The van der Waals surface area contributed by atoms with Gasteiger partial charge in [0.1, 0.15) is 6.61 Å². The van der Waals surface area contributed by atoms with Gasteiger partial charge >= 0.3 is 0 Å². The van der Waals surface area contributed by atoms with Gasteiger partial charge in [-0.25, -0.2) is 17.9 Å². The number of ether oxygens (including phenoxy) is 1. The number of primary sulfonamides is 1. The Balaban J connectivity index is 2.17. The van der Waals surface area contributed by atoms with Crippen molar-refractivity contribution in [2.45, 2.75) is 31.9 Å². The van der Waals surface area contributed by atoms with Crippen LogP contribution in [0.5, 0.6) is 5.75 Å². The predicted octanol–water partition coefficient (Wildman–Crippen LogP) is 1.58. The second-order valence-corrected chi connectivity index (χ2v) is 6.08. The van der Waals surface area contributed by atoms with Crippen LogP contribution in [0.15, 0.2) is 29.2 Å². The van der Waals surface area contributed by atoms with Crippen LogP contribution in [-0.4, -0.2) is 18.2 Å². The molecule has 114 valence electrons. The largest absolute Gasteiger partial charge is 0.484 e. The molecule has 0 radical (unpaired) electrons. The Morgan fingerprint density at radius 3 is 2.67 bits per heavy atom. The second-order valence-electron chi connectivity index (χ2n) is 4.52. The van der Waals surface area contributed by atoms with Crippen molar-refractivity contribution in [3.63, 3.8) is 0 Å². The molecule has 0 atom stereocenters. The van der Waals surface area contributed by atoms with E-state index in [2.05, 4.69) is 5.10 Å². The number of benzene rings is 1. The van der Waals surface area contributed by atoms with Gasteiger partial charge in [0.15, 0.2) is 11.6 Å². The number of aromatic nitrogens is 2. The van der Waals surface area contributed by atoms with Crippen molar-refractivity contribution >= 4 is 10.0 Å². The first kappa shape index (κ1) is 15.5. The first-order chi connectivity index (χ1) is 9.81. The number of halogens is 1. The van der Waals surface area contributed by atoms with Gasteiger partial charge in [-0.1, -0.05) is 0 Å². The van der Waals surface area contributed by atoms with E-state index in [-0.39, 0.29) is 17.3 Å². The van der Waals surface area contributed by atoms with E-state index in [1.165, 1.54) is 12.1 Å². The van der Waals surface area contributed by atoms with Crippen molar-refractivity contribution in [3.05, 3.63) is 41.5 Å². The molecule has 0 bridgehead atoms. The van der Waals surface area contributed by atoms with Gasteiger partial charge in [0, 0.05) is 6.54 Å². The summed E-state index contributed by atoms with van der Waals surface area (Å²) in [4.78, 5) is -0.290. The minimum atomic E-state index is -3.93. The van der Waals surface area contributed by atoms with E-state index in [1.54, 1.807) is 4.68 Å². The third-order valence-electron chi connectivity index (χ3n) is 2.89. The van der Waals surface area contributed by atoms with Gasteiger partial charge in [-0.15, -0.1) is 0 Å². The van der Waals surface area contributed by atoms with Gasteiger partial charge in [0.05, 0.1) is 16.3 Å². The standard InChI is InChI=1S/C13H16FN3O3S/c1-3-17-10(6-9(2)16-17)8-20-13-5-4-11(7-12(13)14)21(15,18)19/h4-7H,3,8H2,1-2H3,(H2,15,18,19). The zero-order valence-electron chi connectivity index (χ0n) is 11.7. The lowest BCUT2D eigenvalue weighted by molar-refractivity contribution is 0.278. The molecule has 6 nitrogen and oxygen atoms in total. The number of aryl methyl sites for hydroxylation is 2. The van der Waals surface area contributed by atoms with Crippen LogP contribution < -0.4 is 9.88 Å². The Hall–Kier alpha value is -1.93. The van der Waals surface area contributed by atoms with Crippen LogP contribution in [0.4, 0.5) is 4.39 Å². The quantitative estimate of drug-likeness (QED) is 0.908. The first-order valence-corrected chi connectivity index (χ1v) is 7.84. The molecular formula is C13H16FN3O3S. The zero-order chi connectivity index (χ0) is 15.6. The van der Waals surface area contributed by atoms with Crippen molar-refractivity contribution < 1.29 is 17.5 Å². The minimum absolute atomic E-state index is 0.0380. The van der Waals surface area contributed by atoms with Crippen molar-refractivity contribution in [1.29, 1.82) is 0 Å². The van der Waals surface area contributed by atoms with Crippen LogP contribution in [0.2, 0.25) is 0 Å². The normalized spacial score (nSPS) is 11.6. The highest BCUT2D eigenvalue weighted by Gasteiger charge is 2.13. The molecule has 0 aliphatic carbocycles. The maximum atomic E-state index is 13.8. The maximum absolute atomic E-state index is 13.8. The van der Waals surface area contributed by atoms with Crippen LogP contribution in [0.3, 0.4) is 0 Å². The Morgan fingerprint density at radius 1 is 1.38 bits per heavy atom. The molecule has 0 aliphatic heterocycles. The van der Waals surface area contributed by atoms with E-state index in [0.717, 1.165) is 17.5 Å². The van der Waals surface area contributed by atoms with Crippen molar-refractivity contribution in [2.24, 2.45) is 5.14 Å². The fourth-order valence-corrected chi connectivity index (χ4v) is 2.44. The van der Waals surface area contributed by atoms with Gasteiger partial charge < -0.3 is 4.74 Å². The smallest absolute Gasteiger partial charge is 0.238 e.